The van der Waals surface area contributed by atoms with Crippen molar-refractivity contribution in [3.8, 4) is 10.7 Å². The zero-order valence-electron chi connectivity index (χ0n) is 15.5. The molecule has 1 fully saturated rings. The van der Waals surface area contributed by atoms with Gasteiger partial charge in [0.1, 0.15) is 45.6 Å². The Morgan fingerprint density at radius 3 is 2.87 bits per heavy atom. The molecule has 160 valence electrons. The van der Waals surface area contributed by atoms with Crippen molar-refractivity contribution in [3.05, 3.63) is 40.2 Å². The fourth-order valence-corrected chi connectivity index (χ4v) is 5.52. The Kier molecular flexibility index (Phi) is 6.90. The highest BCUT2D eigenvalue weighted by atomic mass is 35.5. The van der Waals surface area contributed by atoms with E-state index >= 15 is 0 Å². The maximum absolute atomic E-state index is 10.9. The van der Waals surface area contributed by atoms with Crippen LogP contribution in [0.25, 0.3) is 10.7 Å². The highest BCUT2D eigenvalue weighted by Crippen LogP contribution is 2.40. The molecule has 5 atom stereocenters. The largest absolute Gasteiger partial charge is 0.394 e. The SMILES string of the molecule is COC1C(Sc2cncc(Cl)c2)OC(CO)C(O)C1n1cc(-c2nc(Cl)cs2)nn1. The summed E-state index contributed by atoms with van der Waals surface area (Å²) in [5, 5.41) is 32.1. The molecule has 4 heterocycles. The van der Waals surface area contributed by atoms with Gasteiger partial charge in [0.25, 0.3) is 0 Å². The van der Waals surface area contributed by atoms with Crippen LogP contribution in [0.5, 0.6) is 0 Å². The molecule has 0 aliphatic carbocycles. The van der Waals surface area contributed by atoms with E-state index in [-0.39, 0.29) is 6.61 Å². The smallest absolute Gasteiger partial charge is 0.147 e. The van der Waals surface area contributed by atoms with Crippen molar-refractivity contribution in [2.45, 2.75) is 34.7 Å². The maximum Gasteiger partial charge on any atom is 0.147 e. The fraction of sp³-hybridized carbons (Fsp3) is 0.412. The van der Waals surface area contributed by atoms with Crippen LogP contribution in [0.2, 0.25) is 10.2 Å². The number of nitrogens with zero attached hydrogens (tertiary/aromatic N) is 5. The monoisotopic (exact) mass is 489 g/mol. The third-order valence-corrected chi connectivity index (χ3v) is 7.04. The molecule has 1 saturated heterocycles. The molecule has 1 aliphatic heterocycles. The number of thiazole rings is 1. The van der Waals surface area contributed by atoms with Crippen molar-refractivity contribution in [3.63, 3.8) is 0 Å². The average molecular weight is 490 g/mol. The lowest BCUT2D eigenvalue weighted by Gasteiger charge is -2.43. The standard InChI is InChI=1S/C17H17Cl2N5O4S2/c1-27-15-13(24-5-10(22-23-24)16-21-12(19)7-29-16)14(26)11(6-25)28-17(15)30-9-2-8(18)3-20-4-9/h2-5,7,11,13-15,17,25-26H,6H2,1H3. The van der Waals surface area contributed by atoms with Gasteiger partial charge in [0.15, 0.2) is 0 Å². The van der Waals surface area contributed by atoms with E-state index in [1.54, 1.807) is 23.8 Å². The van der Waals surface area contributed by atoms with Gasteiger partial charge in [-0.05, 0) is 6.07 Å². The Labute approximate surface area is 190 Å². The molecular formula is C17H17Cl2N5O4S2. The van der Waals surface area contributed by atoms with Crippen LogP contribution in [-0.2, 0) is 9.47 Å². The molecule has 0 spiro atoms. The Morgan fingerprint density at radius 2 is 2.20 bits per heavy atom. The van der Waals surface area contributed by atoms with E-state index in [9.17, 15) is 10.2 Å². The summed E-state index contributed by atoms with van der Waals surface area (Å²) in [6.45, 7) is -0.372. The number of hydrogen-bond donors (Lipinski definition) is 2. The summed E-state index contributed by atoms with van der Waals surface area (Å²) in [7, 11) is 1.52. The number of halogens is 2. The number of pyridine rings is 1. The highest BCUT2D eigenvalue weighted by Gasteiger charge is 2.47. The lowest BCUT2D eigenvalue weighted by Crippen LogP contribution is -2.55. The molecule has 9 nitrogen and oxygen atoms in total. The molecule has 2 N–H and O–H groups in total. The van der Waals surface area contributed by atoms with Crippen LogP contribution in [-0.4, -0.2) is 72.6 Å². The van der Waals surface area contributed by atoms with Crippen LogP contribution in [0.1, 0.15) is 6.04 Å². The van der Waals surface area contributed by atoms with Gasteiger partial charge in [-0.2, -0.15) is 0 Å². The fourth-order valence-electron chi connectivity index (χ4n) is 3.19. The molecule has 0 aromatic carbocycles. The van der Waals surface area contributed by atoms with Gasteiger partial charge in [-0.25, -0.2) is 9.67 Å². The molecule has 3 aromatic rings. The predicted molar refractivity (Wildman–Crippen MR) is 113 cm³/mol. The molecule has 1 aliphatic rings. The first-order valence-corrected chi connectivity index (χ1v) is 11.3. The van der Waals surface area contributed by atoms with E-state index in [4.69, 9.17) is 32.7 Å². The van der Waals surface area contributed by atoms with E-state index in [2.05, 4.69) is 20.3 Å². The van der Waals surface area contributed by atoms with Crippen molar-refractivity contribution in [2.24, 2.45) is 0 Å². The summed E-state index contributed by atoms with van der Waals surface area (Å²) in [5.41, 5.74) is -0.0491. The third-order valence-electron chi connectivity index (χ3n) is 4.54. The molecular weight excluding hydrogens is 473 g/mol. The van der Waals surface area contributed by atoms with Crippen LogP contribution in [0, 0.1) is 0 Å². The Bertz CT molecular complexity index is 1010. The van der Waals surface area contributed by atoms with E-state index < -0.39 is 29.8 Å². The molecule has 5 unspecified atom stereocenters. The second kappa shape index (κ2) is 9.45. The van der Waals surface area contributed by atoms with Crippen molar-refractivity contribution >= 4 is 46.3 Å². The lowest BCUT2D eigenvalue weighted by molar-refractivity contribution is -0.186. The number of aliphatic hydroxyl groups excluding tert-OH is 2. The van der Waals surface area contributed by atoms with Crippen molar-refractivity contribution in [1.82, 2.24) is 25.0 Å². The molecule has 0 radical (unpaired) electrons. The second-order valence-corrected chi connectivity index (χ2v) is 9.28. The molecule has 3 aromatic heterocycles. The van der Waals surface area contributed by atoms with Gasteiger partial charge >= 0.3 is 0 Å². The van der Waals surface area contributed by atoms with E-state index in [0.717, 1.165) is 4.90 Å². The van der Waals surface area contributed by atoms with Crippen LogP contribution in [0.3, 0.4) is 0 Å². The van der Waals surface area contributed by atoms with Gasteiger partial charge in [0, 0.05) is 29.8 Å². The van der Waals surface area contributed by atoms with Crippen LogP contribution in [0.15, 0.2) is 34.9 Å². The van der Waals surface area contributed by atoms with Crippen LogP contribution in [0.4, 0.5) is 0 Å². The first kappa shape index (κ1) is 21.9. The van der Waals surface area contributed by atoms with Crippen molar-refractivity contribution in [1.29, 1.82) is 0 Å². The number of thioether (sulfide) groups is 1. The van der Waals surface area contributed by atoms with E-state index in [1.165, 1.54) is 41.1 Å². The molecule has 0 amide bonds. The number of aromatic nitrogens is 5. The van der Waals surface area contributed by atoms with E-state index in [1.807, 2.05) is 0 Å². The minimum atomic E-state index is -1.08. The minimum Gasteiger partial charge on any atom is -0.394 e. The highest BCUT2D eigenvalue weighted by molar-refractivity contribution is 7.99. The summed E-state index contributed by atoms with van der Waals surface area (Å²) in [4.78, 5) is 9.03. The van der Waals surface area contributed by atoms with Crippen molar-refractivity contribution < 1.29 is 19.7 Å². The van der Waals surface area contributed by atoms with Crippen LogP contribution < -0.4 is 0 Å². The third kappa shape index (κ3) is 4.48. The molecule has 4 rings (SSSR count). The first-order chi connectivity index (χ1) is 14.5. The Morgan fingerprint density at radius 1 is 1.37 bits per heavy atom. The van der Waals surface area contributed by atoms with Crippen LogP contribution >= 0.6 is 46.3 Å². The second-order valence-electron chi connectivity index (χ2n) is 6.42. The predicted octanol–water partition coefficient (Wildman–Crippen LogP) is 2.53. The molecule has 13 heteroatoms. The van der Waals surface area contributed by atoms with Crippen molar-refractivity contribution in [2.75, 3.05) is 13.7 Å². The maximum atomic E-state index is 10.9. The van der Waals surface area contributed by atoms with Gasteiger partial charge in [-0.3, -0.25) is 4.98 Å². The first-order valence-electron chi connectivity index (χ1n) is 8.77. The van der Waals surface area contributed by atoms with E-state index in [0.29, 0.717) is 20.9 Å². The Hall–Kier alpha value is -1.31. The zero-order chi connectivity index (χ0) is 21.3. The number of aliphatic hydroxyl groups is 2. The van der Waals surface area contributed by atoms with Gasteiger partial charge in [-0.1, -0.05) is 40.2 Å². The number of methoxy groups -OCH3 is 1. The lowest BCUT2D eigenvalue weighted by atomic mass is 9.97. The summed E-state index contributed by atoms with van der Waals surface area (Å²) >= 11 is 14.6. The number of ether oxygens (including phenoxy) is 2. The quantitative estimate of drug-likeness (QED) is 0.538. The molecule has 0 saturated carbocycles. The zero-order valence-corrected chi connectivity index (χ0v) is 18.6. The van der Waals surface area contributed by atoms with Gasteiger partial charge in [0.05, 0.1) is 17.8 Å². The summed E-state index contributed by atoms with van der Waals surface area (Å²) < 4.78 is 13.1. The normalized spacial score (nSPS) is 26.8. The summed E-state index contributed by atoms with van der Waals surface area (Å²) in [6, 6.07) is 1.09. The number of rotatable bonds is 6. The minimum absolute atomic E-state index is 0.372. The Balaban J connectivity index is 1.65. The van der Waals surface area contributed by atoms with Gasteiger partial charge in [0.2, 0.25) is 0 Å². The average Bonchev–Trinajstić information content (AvgIpc) is 3.37. The molecule has 0 bridgehead atoms. The summed E-state index contributed by atoms with van der Waals surface area (Å²) in [6.07, 6.45) is 2.32. The number of hydrogen-bond acceptors (Lipinski definition) is 10. The molecule has 30 heavy (non-hydrogen) atoms. The van der Waals surface area contributed by atoms with Gasteiger partial charge in [-0.15, -0.1) is 16.4 Å². The topological polar surface area (TPSA) is 115 Å². The summed E-state index contributed by atoms with van der Waals surface area (Å²) in [5.74, 6) is 0. The van der Waals surface area contributed by atoms with Gasteiger partial charge < -0.3 is 19.7 Å².